The molecule has 0 aliphatic rings. The van der Waals surface area contributed by atoms with Crippen molar-refractivity contribution in [1.82, 2.24) is 10.7 Å². The summed E-state index contributed by atoms with van der Waals surface area (Å²) in [5.74, 6) is -0.751. The Kier molecular flexibility index (Phi) is 9.44. The number of hydrogen-bond acceptors (Lipinski definition) is 8. The number of non-ortho nitro benzene ring substituents is 2. The molecule has 0 spiro atoms. The molecule has 37 heavy (non-hydrogen) atoms. The number of carbonyl (C=O) groups is 2. The van der Waals surface area contributed by atoms with Crippen LogP contribution in [-0.2, 0) is 10.5 Å². The molecule has 0 bridgehead atoms. The molecule has 1 atom stereocenters. The van der Waals surface area contributed by atoms with E-state index in [4.69, 9.17) is 0 Å². The standard InChI is InChI=1S/C25H23N5O6S/c1-17(19-10-6-3-7-11-19)27-28-25(32)23(16-37-15-18-8-4-2-5-9-18)26-24(31)20-12-21(29(33)34)14-22(13-20)30(35)36/h2-14,23H,15-16H2,1H3,(H,26,31)(H,28,32)/b27-17+. The summed E-state index contributed by atoms with van der Waals surface area (Å²) in [6, 6.07) is 20.2. The fourth-order valence-corrected chi connectivity index (χ4v) is 4.21. The highest BCUT2D eigenvalue weighted by Crippen LogP contribution is 2.23. The normalized spacial score (nSPS) is 11.9. The largest absolute Gasteiger partial charge is 0.339 e. The van der Waals surface area contributed by atoms with Crippen molar-refractivity contribution in [3.8, 4) is 0 Å². The van der Waals surface area contributed by atoms with Gasteiger partial charge in [-0.2, -0.15) is 16.9 Å². The van der Waals surface area contributed by atoms with Crippen molar-refractivity contribution in [2.45, 2.75) is 18.7 Å². The molecule has 3 rings (SSSR count). The van der Waals surface area contributed by atoms with Crippen LogP contribution in [0.4, 0.5) is 11.4 Å². The number of hydrazone groups is 1. The first-order valence-electron chi connectivity index (χ1n) is 11.0. The van der Waals surface area contributed by atoms with Crippen molar-refractivity contribution in [2.24, 2.45) is 5.10 Å². The maximum absolute atomic E-state index is 13.0. The molecule has 3 aromatic rings. The van der Waals surface area contributed by atoms with Crippen LogP contribution >= 0.6 is 11.8 Å². The summed E-state index contributed by atoms with van der Waals surface area (Å²) >= 11 is 1.39. The van der Waals surface area contributed by atoms with E-state index in [1.54, 1.807) is 6.92 Å². The van der Waals surface area contributed by atoms with E-state index in [-0.39, 0.29) is 11.3 Å². The number of thioether (sulfide) groups is 1. The molecule has 190 valence electrons. The number of nitrogens with one attached hydrogen (secondary N) is 2. The second-order valence-electron chi connectivity index (χ2n) is 7.82. The van der Waals surface area contributed by atoms with Gasteiger partial charge in [-0.05, 0) is 18.1 Å². The first kappa shape index (κ1) is 27.0. The lowest BCUT2D eigenvalue weighted by molar-refractivity contribution is -0.394. The number of carbonyl (C=O) groups excluding carboxylic acids is 2. The molecule has 0 aromatic heterocycles. The topological polar surface area (TPSA) is 157 Å². The lowest BCUT2D eigenvalue weighted by Gasteiger charge is -2.17. The molecular weight excluding hydrogens is 498 g/mol. The quantitative estimate of drug-likeness (QED) is 0.219. The average molecular weight is 522 g/mol. The summed E-state index contributed by atoms with van der Waals surface area (Å²) in [4.78, 5) is 46.6. The third-order valence-corrected chi connectivity index (χ3v) is 6.24. The van der Waals surface area contributed by atoms with Crippen LogP contribution in [0.1, 0.15) is 28.4 Å². The maximum atomic E-state index is 13.0. The van der Waals surface area contributed by atoms with Crippen molar-refractivity contribution < 1.29 is 19.4 Å². The molecular formula is C25H23N5O6S. The summed E-state index contributed by atoms with van der Waals surface area (Å²) in [7, 11) is 0. The number of nitro benzene ring substituents is 2. The predicted molar refractivity (Wildman–Crippen MR) is 140 cm³/mol. The summed E-state index contributed by atoms with van der Waals surface area (Å²) in [5, 5.41) is 29.0. The van der Waals surface area contributed by atoms with Crippen molar-refractivity contribution in [2.75, 3.05) is 5.75 Å². The van der Waals surface area contributed by atoms with Crippen molar-refractivity contribution >= 4 is 40.7 Å². The molecule has 12 heteroatoms. The second-order valence-corrected chi connectivity index (χ2v) is 8.85. The Labute approximate surface area is 216 Å². The lowest BCUT2D eigenvalue weighted by atomic mass is 10.1. The number of benzene rings is 3. The maximum Gasteiger partial charge on any atom is 0.277 e. The van der Waals surface area contributed by atoms with Crippen LogP contribution in [0, 0.1) is 20.2 Å². The molecule has 3 aromatic carbocycles. The molecule has 0 aliphatic carbocycles. The third-order valence-electron chi connectivity index (χ3n) is 5.13. The summed E-state index contributed by atoms with van der Waals surface area (Å²) in [6.45, 7) is 1.72. The molecule has 2 amide bonds. The van der Waals surface area contributed by atoms with E-state index in [9.17, 15) is 29.8 Å². The number of amides is 2. The third kappa shape index (κ3) is 7.97. The van der Waals surface area contributed by atoms with E-state index in [2.05, 4.69) is 15.8 Å². The van der Waals surface area contributed by atoms with Crippen LogP contribution in [0.3, 0.4) is 0 Å². The molecule has 11 nitrogen and oxygen atoms in total. The molecule has 0 heterocycles. The number of hydrogen-bond donors (Lipinski definition) is 2. The Bertz CT molecular complexity index is 1290. The molecule has 0 radical (unpaired) electrons. The van der Waals surface area contributed by atoms with Crippen LogP contribution in [0.2, 0.25) is 0 Å². The monoisotopic (exact) mass is 521 g/mol. The van der Waals surface area contributed by atoms with Gasteiger partial charge in [-0.25, -0.2) is 5.43 Å². The Morgan fingerprint density at radius 3 is 2.03 bits per heavy atom. The molecule has 1 unspecified atom stereocenters. The van der Waals surface area contributed by atoms with E-state index < -0.39 is 39.1 Å². The summed E-state index contributed by atoms with van der Waals surface area (Å²) in [6.07, 6.45) is 0. The molecule has 0 aliphatic heterocycles. The van der Waals surface area contributed by atoms with Crippen LogP contribution in [0.15, 0.2) is 84.0 Å². The van der Waals surface area contributed by atoms with Crippen LogP contribution < -0.4 is 10.7 Å². The fourth-order valence-electron chi connectivity index (χ4n) is 3.19. The molecule has 0 saturated heterocycles. The minimum absolute atomic E-state index is 0.156. The predicted octanol–water partition coefficient (Wildman–Crippen LogP) is 4.08. The zero-order valence-corrected chi connectivity index (χ0v) is 20.5. The van der Waals surface area contributed by atoms with E-state index in [1.165, 1.54) is 11.8 Å². The van der Waals surface area contributed by atoms with Crippen molar-refractivity contribution in [1.29, 1.82) is 0 Å². The van der Waals surface area contributed by atoms with Gasteiger partial charge in [0.25, 0.3) is 23.2 Å². The summed E-state index contributed by atoms with van der Waals surface area (Å²) in [5.41, 5.74) is 3.28. The van der Waals surface area contributed by atoms with E-state index >= 15 is 0 Å². The van der Waals surface area contributed by atoms with Gasteiger partial charge >= 0.3 is 0 Å². The van der Waals surface area contributed by atoms with Crippen LogP contribution in [0.5, 0.6) is 0 Å². The zero-order chi connectivity index (χ0) is 26.8. The molecule has 0 saturated carbocycles. The number of nitro groups is 2. The lowest BCUT2D eigenvalue weighted by Crippen LogP contribution is -2.47. The Morgan fingerprint density at radius 2 is 1.46 bits per heavy atom. The van der Waals surface area contributed by atoms with Gasteiger partial charge in [0.15, 0.2) is 0 Å². The Morgan fingerprint density at radius 1 is 0.892 bits per heavy atom. The first-order valence-corrected chi connectivity index (χ1v) is 12.2. The minimum Gasteiger partial charge on any atom is -0.339 e. The van der Waals surface area contributed by atoms with Crippen molar-refractivity contribution in [3.63, 3.8) is 0 Å². The highest BCUT2D eigenvalue weighted by Gasteiger charge is 2.25. The average Bonchev–Trinajstić information content (AvgIpc) is 2.91. The van der Waals surface area contributed by atoms with Crippen LogP contribution in [-0.4, -0.2) is 39.2 Å². The van der Waals surface area contributed by atoms with E-state index in [0.717, 1.165) is 29.3 Å². The second kappa shape index (κ2) is 12.9. The molecule has 2 N–H and O–H groups in total. The minimum atomic E-state index is -1.08. The van der Waals surface area contributed by atoms with Gasteiger partial charge < -0.3 is 5.32 Å². The molecule has 0 fully saturated rings. The van der Waals surface area contributed by atoms with Gasteiger partial charge in [-0.15, -0.1) is 0 Å². The number of rotatable bonds is 11. The van der Waals surface area contributed by atoms with Gasteiger partial charge in [0.1, 0.15) is 6.04 Å². The zero-order valence-electron chi connectivity index (χ0n) is 19.7. The smallest absolute Gasteiger partial charge is 0.277 e. The van der Waals surface area contributed by atoms with Crippen LogP contribution in [0.25, 0.3) is 0 Å². The van der Waals surface area contributed by atoms with Gasteiger partial charge in [0.2, 0.25) is 0 Å². The van der Waals surface area contributed by atoms with Gasteiger partial charge in [0, 0.05) is 23.6 Å². The Balaban J connectivity index is 1.79. The van der Waals surface area contributed by atoms with Gasteiger partial charge in [-0.1, -0.05) is 60.7 Å². The van der Waals surface area contributed by atoms with Gasteiger partial charge in [-0.3, -0.25) is 29.8 Å². The SMILES string of the molecule is C/C(=N\NC(=O)C(CSCc1ccccc1)NC(=O)c1cc([N+](=O)[O-])cc([N+](=O)[O-])c1)c1ccccc1. The fraction of sp³-hybridized carbons (Fsp3) is 0.160. The van der Waals surface area contributed by atoms with E-state index in [0.29, 0.717) is 11.5 Å². The first-order chi connectivity index (χ1) is 17.7. The van der Waals surface area contributed by atoms with Crippen molar-refractivity contribution in [3.05, 3.63) is 116 Å². The summed E-state index contributed by atoms with van der Waals surface area (Å²) < 4.78 is 0. The highest BCUT2D eigenvalue weighted by molar-refractivity contribution is 7.98. The van der Waals surface area contributed by atoms with E-state index in [1.807, 2.05) is 60.7 Å². The highest BCUT2D eigenvalue weighted by atomic mass is 32.2. The van der Waals surface area contributed by atoms with Gasteiger partial charge in [0.05, 0.1) is 27.2 Å². The Hall–Kier alpha value is -4.58. The number of nitrogens with zero attached hydrogens (tertiary/aromatic N) is 3.